The summed E-state index contributed by atoms with van der Waals surface area (Å²) >= 11 is 0. The van der Waals surface area contributed by atoms with Crippen molar-refractivity contribution in [2.24, 2.45) is 0 Å². The number of hydrogen-bond acceptors (Lipinski definition) is 4. The number of rotatable bonds is 7. The van der Waals surface area contributed by atoms with E-state index in [1.165, 1.54) is 12.0 Å². The van der Waals surface area contributed by atoms with Crippen LogP contribution in [-0.2, 0) is 20.9 Å². The van der Waals surface area contributed by atoms with Gasteiger partial charge in [0.05, 0.1) is 6.10 Å². The molecule has 25 heavy (non-hydrogen) atoms. The standard InChI is InChI=1S/C19H27NO5/c1-3-13-20(18(23)25-14-15-9-5-4-6-10-15)19(17(21)22)12-8-7-11-16(19)24-2/h4-6,9-10,16H,3,7-8,11-14H2,1-2H3,(H,21,22). The number of carbonyl (C=O) groups is 2. The fourth-order valence-corrected chi connectivity index (χ4v) is 3.58. The molecule has 0 spiro atoms. The van der Waals surface area contributed by atoms with Crippen molar-refractivity contribution in [3.8, 4) is 0 Å². The number of nitrogens with zero attached hydrogens (tertiary/aromatic N) is 1. The molecule has 138 valence electrons. The number of hydrogen-bond donors (Lipinski definition) is 1. The highest BCUT2D eigenvalue weighted by atomic mass is 16.6. The molecular weight excluding hydrogens is 322 g/mol. The first-order chi connectivity index (χ1) is 12.1. The molecule has 1 saturated carbocycles. The van der Waals surface area contributed by atoms with Crippen LogP contribution in [0.4, 0.5) is 4.79 Å². The first-order valence-electron chi connectivity index (χ1n) is 8.80. The number of carbonyl (C=O) groups excluding carboxylic acids is 1. The van der Waals surface area contributed by atoms with E-state index in [-0.39, 0.29) is 6.61 Å². The van der Waals surface area contributed by atoms with Gasteiger partial charge in [0.15, 0.2) is 5.54 Å². The molecule has 1 aliphatic carbocycles. The van der Waals surface area contributed by atoms with Crippen LogP contribution < -0.4 is 0 Å². The summed E-state index contributed by atoms with van der Waals surface area (Å²) in [5.41, 5.74) is -0.500. The van der Waals surface area contributed by atoms with E-state index in [1.807, 2.05) is 37.3 Å². The fraction of sp³-hybridized carbons (Fsp3) is 0.579. The van der Waals surface area contributed by atoms with Crippen LogP contribution >= 0.6 is 0 Å². The van der Waals surface area contributed by atoms with Crippen LogP contribution in [0.2, 0.25) is 0 Å². The molecule has 1 fully saturated rings. The molecule has 6 heteroatoms. The summed E-state index contributed by atoms with van der Waals surface area (Å²) in [4.78, 5) is 26.3. The highest BCUT2D eigenvalue weighted by Gasteiger charge is 2.54. The summed E-state index contributed by atoms with van der Waals surface area (Å²) in [6.07, 6.45) is 2.15. The Morgan fingerprint density at radius 2 is 2.00 bits per heavy atom. The highest BCUT2D eigenvalue weighted by Crippen LogP contribution is 2.37. The topological polar surface area (TPSA) is 76.1 Å². The molecule has 0 heterocycles. The molecule has 0 aromatic heterocycles. The molecule has 1 N–H and O–H groups in total. The van der Waals surface area contributed by atoms with Crippen molar-refractivity contribution in [3.63, 3.8) is 0 Å². The molecule has 2 rings (SSSR count). The van der Waals surface area contributed by atoms with Crippen LogP contribution in [0, 0.1) is 0 Å². The van der Waals surface area contributed by atoms with E-state index >= 15 is 0 Å². The Kier molecular flexibility index (Phi) is 6.82. The van der Waals surface area contributed by atoms with E-state index in [4.69, 9.17) is 9.47 Å². The van der Waals surface area contributed by atoms with Crippen LogP contribution in [0.5, 0.6) is 0 Å². The third-order valence-electron chi connectivity index (χ3n) is 4.82. The van der Waals surface area contributed by atoms with E-state index in [0.29, 0.717) is 25.8 Å². The van der Waals surface area contributed by atoms with Gasteiger partial charge in [0.25, 0.3) is 0 Å². The monoisotopic (exact) mass is 349 g/mol. The van der Waals surface area contributed by atoms with E-state index in [9.17, 15) is 14.7 Å². The molecule has 1 aromatic carbocycles. The summed E-state index contributed by atoms with van der Waals surface area (Å²) in [6.45, 7) is 2.35. The van der Waals surface area contributed by atoms with Gasteiger partial charge in [-0.15, -0.1) is 0 Å². The quantitative estimate of drug-likeness (QED) is 0.816. The number of aliphatic carboxylic acids is 1. The summed E-state index contributed by atoms with van der Waals surface area (Å²) in [5.74, 6) is -1.02. The summed E-state index contributed by atoms with van der Waals surface area (Å²) in [5, 5.41) is 9.99. The van der Waals surface area contributed by atoms with Crippen molar-refractivity contribution in [2.75, 3.05) is 13.7 Å². The Hall–Kier alpha value is -2.08. The van der Waals surface area contributed by atoms with Crippen molar-refractivity contribution < 1.29 is 24.2 Å². The zero-order valence-corrected chi connectivity index (χ0v) is 14.9. The average molecular weight is 349 g/mol. The van der Waals surface area contributed by atoms with E-state index in [0.717, 1.165) is 18.4 Å². The Balaban J connectivity index is 2.23. The second-order valence-electron chi connectivity index (χ2n) is 6.39. The van der Waals surface area contributed by atoms with Crippen molar-refractivity contribution in [1.82, 2.24) is 4.90 Å². The van der Waals surface area contributed by atoms with Crippen molar-refractivity contribution in [3.05, 3.63) is 35.9 Å². The second-order valence-corrected chi connectivity index (χ2v) is 6.39. The Bertz CT molecular complexity index is 576. The van der Waals surface area contributed by atoms with E-state index in [2.05, 4.69) is 0 Å². The SMILES string of the molecule is CCCN(C(=O)OCc1ccccc1)C1(C(=O)O)CCCCC1OC. The van der Waals surface area contributed by atoms with Crippen LogP contribution in [-0.4, -0.2) is 47.4 Å². The number of carboxylic acids is 1. The minimum absolute atomic E-state index is 0.118. The number of ether oxygens (including phenoxy) is 2. The number of methoxy groups -OCH3 is 1. The Labute approximate surface area is 148 Å². The van der Waals surface area contributed by atoms with Gasteiger partial charge < -0.3 is 14.6 Å². The van der Waals surface area contributed by atoms with Gasteiger partial charge in [-0.25, -0.2) is 9.59 Å². The largest absolute Gasteiger partial charge is 0.479 e. The van der Waals surface area contributed by atoms with Crippen LogP contribution in [0.25, 0.3) is 0 Å². The maximum absolute atomic E-state index is 12.8. The van der Waals surface area contributed by atoms with Crippen molar-refractivity contribution >= 4 is 12.1 Å². The molecule has 2 atom stereocenters. The second kappa shape index (κ2) is 8.85. The van der Waals surface area contributed by atoms with E-state index in [1.54, 1.807) is 0 Å². The van der Waals surface area contributed by atoms with E-state index < -0.39 is 23.7 Å². The summed E-state index contributed by atoms with van der Waals surface area (Å²) in [7, 11) is 1.51. The third kappa shape index (κ3) is 4.12. The number of amides is 1. The van der Waals surface area contributed by atoms with Gasteiger partial charge in [-0.05, 0) is 24.8 Å². The molecule has 2 unspecified atom stereocenters. The molecular formula is C19H27NO5. The molecule has 6 nitrogen and oxygen atoms in total. The molecule has 0 saturated heterocycles. The molecule has 1 aliphatic rings. The summed E-state index contributed by atoms with van der Waals surface area (Å²) < 4.78 is 10.9. The van der Waals surface area contributed by atoms with Crippen molar-refractivity contribution in [2.45, 2.75) is 57.3 Å². The van der Waals surface area contributed by atoms with Gasteiger partial charge in [0.1, 0.15) is 6.61 Å². The lowest BCUT2D eigenvalue weighted by atomic mass is 9.77. The lowest BCUT2D eigenvalue weighted by molar-refractivity contribution is -0.165. The maximum atomic E-state index is 12.8. The third-order valence-corrected chi connectivity index (χ3v) is 4.82. The first-order valence-corrected chi connectivity index (χ1v) is 8.80. The maximum Gasteiger partial charge on any atom is 0.411 e. The normalized spacial score (nSPS) is 23.0. The van der Waals surface area contributed by atoms with Crippen LogP contribution in [0.1, 0.15) is 44.6 Å². The Morgan fingerprint density at radius 3 is 2.60 bits per heavy atom. The average Bonchev–Trinajstić information content (AvgIpc) is 2.64. The highest BCUT2D eigenvalue weighted by molar-refractivity contribution is 5.85. The van der Waals surface area contributed by atoms with Crippen LogP contribution in [0.15, 0.2) is 30.3 Å². The number of carboxylic acid groups (broad SMARTS) is 1. The minimum atomic E-state index is -1.36. The zero-order valence-electron chi connectivity index (χ0n) is 14.9. The van der Waals surface area contributed by atoms with Gasteiger partial charge in [0.2, 0.25) is 0 Å². The van der Waals surface area contributed by atoms with Gasteiger partial charge in [0, 0.05) is 13.7 Å². The smallest absolute Gasteiger partial charge is 0.411 e. The van der Waals surface area contributed by atoms with Gasteiger partial charge in [-0.3, -0.25) is 4.90 Å². The predicted octanol–water partition coefficient (Wildman–Crippen LogP) is 3.45. The predicted molar refractivity (Wildman–Crippen MR) is 93.3 cm³/mol. The number of benzene rings is 1. The summed E-state index contributed by atoms with van der Waals surface area (Å²) in [6, 6.07) is 9.35. The molecule has 0 bridgehead atoms. The lowest BCUT2D eigenvalue weighted by Crippen LogP contribution is -2.65. The van der Waals surface area contributed by atoms with Gasteiger partial charge in [-0.1, -0.05) is 50.1 Å². The van der Waals surface area contributed by atoms with Crippen molar-refractivity contribution in [1.29, 1.82) is 0 Å². The molecule has 1 amide bonds. The molecule has 0 aliphatic heterocycles. The van der Waals surface area contributed by atoms with Gasteiger partial charge in [-0.2, -0.15) is 0 Å². The molecule has 1 aromatic rings. The Morgan fingerprint density at radius 1 is 1.28 bits per heavy atom. The minimum Gasteiger partial charge on any atom is -0.479 e. The first kappa shape index (κ1) is 19.2. The zero-order chi connectivity index (χ0) is 18.3. The van der Waals surface area contributed by atoms with Gasteiger partial charge >= 0.3 is 12.1 Å². The fourth-order valence-electron chi connectivity index (χ4n) is 3.58. The van der Waals surface area contributed by atoms with Crippen LogP contribution in [0.3, 0.4) is 0 Å². The lowest BCUT2D eigenvalue weighted by Gasteiger charge is -2.46. The molecule has 0 radical (unpaired) electrons.